The molecule has 2 aromatic heterocycles. The van der Waals surface area contributed by atoms with Gasteiger partial charge in [0.05, 0.1) is 95.2 Å². The molecule has 12 rings (SSSR count). The minimum absolute atomic E-state index is 0.144. The van der Waals surface area contributed by atoms with Gasteiger partial charge in [-0.15, -0.1) is 0 Å². The Morgan fingerprint density at radius 2 is 0.637 bits per heavy atom. The molecule has 0 spiro atoms. The van der Waals surface area contributed by atoms with Crippen LogP contribution in [0.5, 0.6) is 0 Å². The first kappa shape index (κ1) is 71.0. The maximum absolute atomic E-state index is 15.1. The highest BCUT2D eigenvalue weighted by Gasteiger charge is 2.43. The number of hydrogen-bond acceptors (Lipinski definition) is 2. The van der Waals surface area contributed by atoms with Crippen LogP contribution in [0.25, 0.3) is 94.7 Å². The maximum Gasteiger partial charge on any atom is 0.416 e. The maximum atomic E-state index is 15.1. The molecule has 0 amide bonds. The van der Waals surface area contributed by atoms with Crippen LogP contribution in [0.2, 0.25) is 0 Å². The fourth-order valence-electron chi connectivity index (χ4n) is 12.4. The average Bonchev–Trinajstić information content (AvgIpc) is 1.53. The van der Waals surface area contributed by atoms with E-state index in [2.05, 4.69) is 0 Å². The molecule has 11 aromatic rings. The predicted octanol–water partition coefficient (Wildman–Crippen LogP) is 24.7. The van der Waals surface area contributed by atoms with E-state index in [0.29, 0.717) is 60.7 Å². The number of benzene rings is 9. The topological polar surface area (TPSA) is 57.4 Å². The Kier molecular flexibility index (Phi) is 16.6. The zero-order chi connectivity index (χ0) is 74.5. The number of aromatic nitrogens is 2. The summed E-state index contributed by atoms with van der Waals surface area (Å²) in [5.41, 5.74) is -24.9. The van der Waals surface area contributed by atoms with Gasteiger partial charge in [-0.1, -0.05) is 24.3 Å². The molecule has 0 N–H and O–H groups in total. The third-order valence-electron chi connectivity index (χ3n) is 17.0. The Hall–Kier alpha value is -10.9. The summed E-state index contributed by atoms with van der Waals surface area (Å²) >= 11 is 0. The predicted molar refractivity (Wildman–Crippen MR) is 316 cm³/mol. The third kappa shape index (κ3) is 13.4. The van der Waals surface area contributed by atoms with E-state index in [1.165, 1.54) is 0 Å². The standard InChI is InChI=1S/C71H31F27N4/c72-63(73,74)43-10-32(30-99)9-41(19-43)52-29-61(101-57-5-1-33(37-11-44(64(75,76)77)25-45(12-37)65(78,79)80)20-53(57)54-21-34(2-6-58(54)101)38-13-46(66(81,82)83)26-47(14-38)67(84,85)86)42(31-100)24-62(52)102-59-7-3-35(39-15-48(68(87,88)89)27-49(16-39)69(90,91)92)22-55(59)56-23-36(4-8-60(56)102)40-17-50(70(93,94)95)28-51(18-40)71(96,97)98/h1-20,22-29,34H,21H2. The molecule has 1 aliphatic rings. The van der Waals surface area contributed by atoms with Crippen LogP contribution in [-0.4, -0.2) is 9.13 Å². The summed E-state index contributed by atoms with van der Waals surface area (Å²) in [6.07, 6.45) is -47.2. The van der Waals surface area contributed by atoms with Gasteiger partial charge in [0.2, 0.25) is 0 Å². The fraction of sp³-hybridized carbons (Fsp3) is 0.155. The van der Waals surface area contributed by atoms with Crippen molar-refractivity contribution >= 4 is 38.8 Å². The van der Waals surface area contributed by atoms with Gasteiger partial charge >= 0.3 is 55.6 Å². The van der Waals surface area contributed by atoms with Crippen molar-refractivity contribution < 1.29 is 119 Å². The quantitative estimate of drug-likeness (QED) is 0.149. The molecule has 0 fully saturated rings. The summed E-state index contributed by atoms with van der Waals surface area (Å²) in [7, 11) is 0. The van der Waals surface area contributed by atoms with Crippen molar-refractivity contribution in [2.24, 2.45) is 0 Å². The molecule has 0 radical (unpaired) electrons. The van der Waals surface area contributed by atoms with Gasteiger partial charge in [0.25, 0.3) is 0 Å². The number of halogens is 27. The molecule has 102 heavy (non-hydrogen) atoms. The van der Waals surface area contributed by atoms with Crippen LogP contribution in [0.1, 0.15) is 83.9 Å². The van der Waals surface area contributed by atoms with Crippen LogP contribution in [0, 0.1) is 22.7 Å². The Balaban J connectivity index is 1.19. The zero-order valence-corrected chi connectivity index (χ0v) is 49.9. The van der Waals surface area contributed by atoms with Crippen LogP contribution in [0.3, 0.4) is 0 Å². The highest BCUT2D eigenvalue weighted by atomic mass is 19.4. The molecular weight excluding hydrogens is 1420 g/mol. The fourth-order valence-corrected chi connectivity index (χ4v) is 12.4. The van der Waals surface area contributed by atoms with Gasteiger partial charge < -0.3 is 9.13 Å². The van der Waals surface area contributed by atoms with E-state index in [-0.39, 0.29) is 68.2 Å². The van der Waals surface area contributed by atoms with Crippen molar-refractivity contribution in [3.63, 3.8) is 0 Å². The molecule has 0 aliphatic heterocycles. The smallest absolute Gasteiger partial charge is 0.309 e. The lowest BCUT2D eigenvalue weighted by Gasteiger charge is -2.23. The van der Waals surface area contributed by atoms with Crippen LogP contribution in [0.4, 0.5) is 119 Å². The second kappa shape index (κ2) is 23.9. The normalized spacial score (nSPS) is 14.4. The highest BCUT2D eigenvalue weighted by molar-refractivity contribution is 6.12. The van der Waals surface area contributed by atoms with Gasteiger partial charge in [0, 0.05) is 33.3 Å². The summed E-state index contributed by atoms with van der Waals surface area (Å²) < 4.78 is 392. The molecule has 0 saturated heterocycles. The first-order valence-electron chi connectivity index (χ1n) is 28.9. The van der Waals surface area contributed by atoms with Crippen LogP contribution < -0.4 is 0 Å². The summed E-state index contributed by atoms with van der Waals surface area (Å²) in [4.78, 5) is 0. The minimum atomic E-state index is -5.44. The molecule has 1 atom stereocenters. The number of nitriles is 2. The lowest BCUT2D eigenvalue weighted by Crippen LogP contribution is -2.14. The number of fused-ring (bicyclic) bond motifs is 6. The van der Waals surface area contributed by atoms with E-state index in [9.17, 15) is 116 Å². The molecule has 1 unspecified atom stereocenters. The summed E-state index contributed by atoms with van der Waals surface area (Å²) in [5.74, 6) is -1.51. The Morgan fingerprint density at radius 3 is 0.990 bits per heavy atom. The summed E-state index contributed by atoms with van der Waals surface area (Å²) in [5, 5.41) is 20.7. The van der Waals surface area contributed by atoms with E-state index >= 15 is 13.2 Å². The Labute approximate surface area is 553 Å². The van der Waals surface area contributed by atoms with E-state index in [1.54, 1.807) is 6.07 Å². The summed E-state index contributed by atoms with van der Waals surface area (Å²) in [6, 6.07) is 17.9. The molecule has 0 saturated carbocycles. The van der Waals surface area contributed by atoms with Gasteiger partial charge in [-0.3, -0.25) is 0 Å². The number of alkyl halides is 27. The van der Waals surface area contributed by atoms with Crippen molar-refractivity contribution in [3.05, 3.63) is 242 Å². The number of allylic oxidation sites excluding steroid dienone is 1. The van der Waals surface area contributed by atoms with Gasteiger partial charge in [0.15, 0.2) is 0 Å². The zero-order valence-electron chi connectivity index (χ0n) is 49.9. The molecule has 524 valence electrons. The molecule has 2 heterocycles. The van der Waals surface area contributed by atoms with E-state index < -0.39 is 191 Å². The van der Waals surface area contributed by atoms with Gasteiger partial charge in [0.1, 0.15) is 6.07 Å². The van der Waals surface area contributed by atoms with Crippen molar-refractivity contribution in [3.8, 4) is 68.0 Å². The van der Waals surface area contributed by atoms with Crippen LogP contribution >= 0.6 is 0 Å². The first-order valence-corrected chi connectivity index (χ1v) is 28.9. The van der Waals surface area contributed by atoms with Crippen molar-refractivity contribution in [2.45, 2.75) is 67.9 Å². The van der Waals surface area contributed by atoms with Gasteiger partial charge in [-0.25, -0.2) is 0 Å². The average molecular weight is 1450 g/mol. The van der Waals surface area contributed by atoms with Gasteiger partial charge in [-0.05, 0) is 202 Å². The van der Waals surface area contributed by atoms with E-state index in [4.69, 9.17) is 0 Å². The number of rotatable bonds is 7. The van der Waals surface area contributed by atoms with Crippen molar-refractivity contribution in [1.82, 2.24) is 9.13 Å². The SMILES string of the molecule is N#Cc1cc(-c2cc(-n3c4c(c5cc(-c6cc(C(F)(F)F)cc(C(F)(F)F)c6)ccc53)CC(c3cc(C(F)(F)F)cc(C(F)(F)F)c3)C=C4)c(C#N)cc2-n2c3ccc(-c4cc(C(F)(F)F)cc(C(F)(F)F)c4)cc3c3cc(-c4cc(C(F)(F)F)cc(C(F)(F)F)c4)ccc32)cc(C(F)(F)F)c1. The van der Waals surface area contributed by atoms with Crippen molar-refractivity contribution in [1.29, 1.82) is 10.5 Å². The number of hydrogen-bond donors (Lipinski definition) is 0. The monoisotopic (exact) mass is 1450 g/mol. The van der Waals surface area contributed by atoms with Crippen LogP contribution in [-0.2, 0) is 62.0 Å². The first-order chi connectivity index (χ1) is 47.1. The highest BCUT2D eigenvalue weighted by Crippen LogP contribution is 2.50. The Morgan fingerprint density at radius 1 is 0.304 bits per heavy atom. The minimum Gasteiger partial charge on any atom is -0.309 e. The van der Waals surface area contributed by atoms with Crippen molar-refractivity contribution in [2.75, 3.05) is 0 Å². The lowest BCUT2D eigenvalue weighted by molar-refractivity contribution is -0.144. The molecule has 0 bridgehead atoms. The Bertz CT molecular complexity index is 5130. The largest absolute Gasteiger partial charge is 0.416 e. The summed E-state index contributed by atoms with van der Waals surface area (Å²) in [6.45, 7) is 0. The second-order valence-electron chi connectivity index (χ2n) is 23.5. The molecule has 1 aliphatic carbocycles. The molecule has 31 heteroatoms. The van der Waals surface area contributed by atoms with Crippen LogP contribution in [0.15, 0.2) is 164 Å². The van der Waals surface area contributed by atoms with E-state index in [0.717, 1.165) is 94.1 Å². The third-order valence-corrected chi connectivity index (χ3v) is 17.0. The number of nitrogens with zero attached hydrogens (tertiary/aromatic N) is 4. The lowest BCUT2D eigenvalue weighted by atomic mass is 9.85. The molecule has 9 aromatic carbocycles. The molecule has 4 nitrogen and oxygen atoms in total. The molecular formula is C71H31F27N4. The van der Waals surface area contributed by atoms with E-state index in [1.807, 2.05) is 6.07 Å². The van der Waals surface area contributed by atoms with Gasteiger partial charge in [-0.2, -0.15) is 129 Å². The second-order valence-corrected chi connectivity index (χ2v) is 23.5.